The van der Waals surface area contributed by atoms with E-state index in [0.717, 1.165) is 12.8 Å². The second-order valence-corrected chi connectivity index (χ2v) is 8.55. The molecule has 0 amide bonds. The average molecular weight is 442 g/mol. The Bertz CT molecular complexity index is 487. The first kappa shape index (κ1) is 29.1. The van der Waals surface area contributed by atoms with E-state index >= 15 is 0 Å². The van der Waals surface area contributed by atoms with Crippen molar-refractivity contribution < 1.29 is 34.2 Å². The van der Waals surface area contributed by atoms with Gasteiger partial charge in [0.05, 0.1) is 39.0 Å². The van der Waals surface area contributed by atoms with Crippen molar-refractivity contribution in [2.75, 3.05) is 26.2 Å². The van der Waals surface area contributed by atoms with Crippen LogP contribution in [0, 0.1) is 0 Å². The molecule has 7 heteroatoms. The highest BCUT2D eigenvalue weighted by molar-refractivity contribution is 5.67. The maximum absolute atomic E-state index is 11.0. The van der Waals surface area contributed by atoms with Gasteiger partial charge in [-0.1, -0.05) is 70.8 Å². The van der Waals surface area contributed by atoms with Gasteiger partial charge in [-0.15, -0.1) is 0 Å². The van der Waals surface area contributed by atoms with Crippen molar-refractivity contribution in [3.05, 3.63) is 12.2 Å². The lowest BCUT2D eigenvalue weighted by Crippen LogP contribution is -2.52. The number of unbranched alkanes of at least 4 members (excludes halogenated alkanes) is 10. The van der Waals surface area contributed by atoms with Crippen LogP contribution in [-0.4, -0.2) is 58.8 Å². The van der Waals surface area contributed by atoms with Crippen LogP contribution < -0.4 is 5.11 Å². The van der Waals surface area contributed by atoms with Crippen molar-refractivity contribution in [3.63, 3.8) is 0 Å². The molecule has 0 aromatic carbocycles. The predicted molar refractivity (Wildman–Crippen MR) is 119 cm³/mol. The van der Waals surface area contributed by atoms with Crippen molar-refractivity contribution in [2.24, 2.45) is 0 Å². The molecule has 31 heavy (non-hydrogen) atoms. The summed E-state index contributed by atoms with van der Waals surface area (Å²) in [4.78, 5) is 33.0. The molecule has 0 aliphatic heterocycles. The average Bonchev–Trinajstić information content (AvgIpc) is 2.72. The van der Waals surface area contributed by atoms with E-state index in [1.165, 1.54) is 57.8 Å². The van der Waals surface area contributed by atoms with Crippen molar-refractivity contribution in [2.45, 2.75) is 96.8 Å². The van der Waals surface area contributed by atoms with Crippen LogP contribution in [0.15, 0.2) is 12.2 Å². The number of aliphatic carboxylic acids is 3. The summed E-state index contributed by atoms with van der Waals surface area (Å²) in [6.45, 7) is 3.25. The highest BCUT2D eigenvalue weighted by Crippen LogP contribution is 2.14. The monoisotopic (exact) mass is 441 g/mol. The topological polar surface area (TPSA) is 115 Å². The van der Waals surface area contributed by atoms with Crippen LogP contribution >= 0.6 is 0 Å². The van der Waals surface area contributed by atoms with Gasteiger partial charge in [0.25, 0.3) is 0 Å². The van der Waals surface area contributed by atoms with E-state index in [0.29, 0.717) is 6.54 Å². The number of rotatable bonds is 22. The Morgan fingerprint density at radius 3 is 1.61 bits per heavy atom. The number of quaternary nitrogens is 1. The molecule has 0 heterocycles. The molecule has 0 fully saturated rings. The van der Waals surface area contributed by atoms with E-state index in [1.54, 1.807) is 0 Å². The van der Waals surface area contributed by atoms with Gasteiger partial charge in [-0.25, -0.2) is 0 Å². The third-order valence-electron chi connectivity index (χ3n) is 5.77. The summed E-state index contributed by atoms with van der Waals surface area (Å²) >= 11 is 0. The summed E-state index contributed by atoms with van der Waals surface area (Å²) in [5, 5.41) is 29.0. The molecule has 0 bridgehead atoms. The number of hydrogen-bond acceptors (Lipinski definition) is 4. The fraction of sp³-hybridized carbons (Fsp3) is 0.792. The molecule has 0 saturated carbocycles. The van der Waals surface area contributed by atoms with Crippen LogP contribution in [0.4, 0.5) is 0 Å². The molecule has 7 nitrogen and oxygen atoms in total. The first-order valence-corrected chi connectivity index (χ1v) is 11.9. The van der Waals surface area contributed by atoms with Gasteiger partial charge in [-0.05, 0) is 18.9 Å². The lowest BCUT2D eigenvalue weighted by molar-refractivity contribution is -0.921. The van der Waals surface area contributed by atoms with Crippen LogP contribution in [0.5, 0.6) is 0 Å². The number of carbonyl (C=O) groups excluding carboxylic acids is 1. The smallest absolute Gasteiger partial charge is 0.309 e. The zero-order chi connectivity index (χ0) is 23.4. The molecule has 0 radical (unpaired) electrons. The van der Waals surface area contributed by atoms with Crippen molar-refractivity contribution in [1.82, 2.24) is 0 Å². The van der Waals surface area contributed by atoms with Gasteiger partial charge in [-0.2, -0.15) is 0 Å². The zero-order valence-electron chi connectivity index (χ0n) is 19.4. The molecule has 0 aliphatic rings. The van der Waals surface area contributed by atoms with Gasteiger partial charge < -0.3 is 24.6 Å². The summed E-state index contributed by atoms with van der Waals surface area (Å²) in [5.41, 5.74) is 0. The molecule has 0 unspecified atom stereocenters. The first-order valence-electron chi connectivity index (χ1n) is 11.9. The predicted octanol–water partition coefficient (Wildman–Crippen LogP) is 3.76. The molecule has 0 aromatic heterocycles. The van der Waals surface area contributed by atoms with E-state index < -0.39 is 17.9 Å². The van der Waals surface area contributed by atoms with Gasteiger partial charge in [0.15, 0.2) is 0 Å². The van der Waals surface area contributed by atoms with Crippen molar-refractivity contribution >= 4 is 17.9 Å². The van der Waals surface area contributed by atoms with Crippen LogP contribution in [0.25, 0.3) is 0 Å². The molecular formula is C24H43NO6. The van der Waals surface area contributed by atoms with Crippen molar-refractivity contribution in [1.29, 1.82) is 0 Å². The Labute approximate surface area is 187 Å². The molecule has 0 spiro atoms. The SMILES string of the molecule is CCCCCCCCCCCC/C=C/C[N+](CCC(=O)[O-])(CCC(=O)O)CCC(=O)O. The summed E-state index contributed by atoms with van der Waals surface area (Å²) in [6.07, 6.45) is 17.2. The maximum Gasteiger partial charge on any atom is 0.309 e. The first-order chi connectivity index (χ1) is 14.8. The lowest BCUT2D eigenvalue weighted by atomic mass is 10.1. The molecule has 0 rings (SSSR count). The Morgan fingerprint density at radius 2 is 1.16 bits per heavy atom. The second kappa shape index (κ2) is 18.8. The van der Waals surface area contributed by atoms with Crippen LogP contribution in [-0.2, 0) is 14.4 Å². The number of carboxylic acids is 3. The number of carbonyl (C=O) groups is 3. The van der Waals surface area contributed by atoms with Gasteiger partial charge in [0, 0.05) is 12.4 Å². The zero-order valence-corrected chi connectivity index (χ0v) is 19.4. The number of allylic oxidation sites excluding steroid dienone is 1. The Hall–Kier alpha value is -1.89. The van der Waals surface area contributed by atoms with E-state index in [9.17, 15) is 19.5 Å². The number of hydrogen-bond donors (Lipinski definition) is 2. The molecule has 0 aromatic rings. The standard InChI is InChI=1S/C24H43NO6/c1-2-3-4-5-6-7-8-9-10-11-12-13-14-18-25(19-15-22(26)27,20-16-23(28)29)21-17-24(30)31/h13-14H,2-12,15-21H2,1H3,(H2-,26,27,28,29,30,31)/b14-13+. The normalized spacial score (nSPS) is 11.8. The fourth-order valence-corrected chi connectivity index (χ4v) is 3.77. The molecule has 0 saturated heterocycles. The maximum atomic E-state index is 11.0. The number of nitrogens with zero attached hydrogens (tertiary/aromatic N) is 1. The van der Waals surface area contributed by atoms with E-state index in [1.807, 2.05) is 6.08 Å². The van der Waals surface area contributed by atoms with E-state index in [2.05, 4.69) is 13.0 Å². The Morgan fingerprint density at radius 1 is 0.710 bits per heavy atom. The molecule has 0 atom stereocenters. The minimum Gasteiger partial charge on any atom is -0.550 e. The van der Waals surface area contributed by atoms with Gasteiger partial charge in [-0.3, -0.25) is 9.59 Å². The lowest BCUT2D eigenvalue weighted by Gasteiger charge is -2.37. The van der Waals surface area contributed by atoms with Gasteiger partial charge >= 0.3 is 11.9 Å². The highest BCUT2D eigenvalue weighted by Gasteiger charge is 2.27. The van der Waals surface area contributed by atoms with Crippen molar-refractivity contribution in [3.8, 4) is 0 Å². The summed E-state index contributed by atoms with van der Waals surface area (Å²) in [7, 11) is 0. The fourth-order valence-electron chi connectivity index (χ4n) is 3.77. The van der Waals surface area contributed by atoms with Gasteiger partial charge in [0.1, 0.15) is 0 Å². The molecule has 2 N–H and O–H groups in total. The Balaban J connectivity index is 4.38. The minimum atomic E-state index is -1.21. The molecule has 0 aliphatic carbocycles. The van der Waals surface area contributed by atoms with E-state index in [-0.39, 0.29) is 43.4 Å². The second-order valence-electron chi connectivity index (χ2n) is 8.55. The Kier molecular flexibility index (Phi) is 17.7. The molecule has 180 valence electrons. The minimum absolute atomic E-state index is 0.126. The molecular weight excluding hydrogens is 398 g/mol. The van der Waals surface area contributed by atoms with E-state index in [4.69, 9.17) is 10.2 Å². The van der Waals surface area contributed by atoms with Crippen LogP contribution in [0.3, 0.4) is 0 Å². The quantitative estimate of drug-likeness (QED) is 0.150. The summed E-state index contributed by atoms with van der Waals surface area (Å²) < 4.78 is 0.140. The van der Waals surface area contributed by atoms with Crippen LogP contribution in [0.2, 0.25) is 0 Å². The summed E-state index contributed by atoms with van der Waals surface area (Å²) in [5.74, 6) is -3.15. The largest absolute Gasteiger partial charge is 0.550 e. The highest BCUT2D eigenvalue weighted by atomic mass is 16.4. The third kappa shape index (κ3) is 18.6. The number of carboxylic acid groups (broad SMARTS) is 3. The third-order valence-corrected chi connectivity index (χ3v) is 5.77. The van der Waals surface area contributed by atoms with Gasteiger partial charge in [0.2, 0.25) is 0 Å². The summed E-state index contributed by atoms with van der Waals surface area (Å²) in [6, 6.07) is 0. The van der Waals surface area contributed by atoms with Crippen LogP contribution in [0.1, 0.15) is 96.8 Å².